The number of benzene rings is 1. The van der Waals surface area contributed by atoms with Gasteiger partial charge in [0.15, 0.2) is 0 Å². The van der Waals surface area contributed by atoms with E-state index in [0.29, 0.717) is 6.54 Å². The predicted molar refractivity (Wildman–Crippen MR) is 78.6 cm³/mol. The van der Waals surface area contributed by atoms with Gasteiger partial charge in [-0.2, -0.15) is 8.78 Å². The molecule has 1 aromatic carbocycles. The van der Waals surface area contributed by atoms with Crippen molar-refractivity contribution in [2.45, 2.75) is 24.1 Å². The average molecular weight is 332 g/mol. The van der Waals surface area contributed by atoms with Crippen LogP contribution in [0.1, 0.15) is 10.7 Å². The summed E-state index contributed by atoms with van der Waals surface area (Å²) in [6.07, 6.45) is 0. The Hall–Kier alpha value is -1.54. The fourth-order valence-electron chi connectivity index (χ4n) is 1.92. The fourth-order valence-corrected chi connectivity index (χ4v) is 3.50. The van der Waals surface area contributed by atoms with Gasteiger partial charge in [-0.25, -0.2) is 13.4 Å². The molecule has 0 spiro atoms. The first-order valence-corrected chi connectivity index (χ1v) is 8.48. The maximum atomic E-state index is 12.8. The number of anilines is 1. The maximum absolute atomic E-state index is 12.8. The number of hydrogen-bond donors (Lipinski definition) is 0. The van der Waals surface area contributed by atoms with Crippen molar-refractivity contribution in [1.29, 1.82) is 0 Å². The molecule has 0 radical (unpaired) electrons. The van der Waals surface area contributed by atoms with E-state index in [9.17, 15) is 17.2 Å². The second-order valence-corrected chi connectivity index (χ2v) is 7.44. The molecule has 2 aromatic rings. The van der Waals surface area contributed by atoms with Gasteiger partial charge in [0.25, 0.3) is 0 Å². The molecule has 2 rings (SSSR count). The van der Waals surface area contributed by atoms with Crippen LogP contribution in [-0.2, 0) is 16.4 Å². The van der Waals surface area contributed by atoms with E-state index in [1.807, 2.05) is 12.3 Å². The molecule has 0 saturated carbocycles. The van der Waals surface area contributed by atoms with Crippen molar-refractivity contribution < 1.29 is 17.2 Å². The maximum Gasteiger partial charge on any atom is 0.341 e. The first-order chi connectivity index (χ1) is 9.82. The number of rotatable bonds is 5. The Morgan fingerprint density at radius 2 is 2.00 bits per heavy atom. The van der Waals surface area contributed by atoms with Crippen LogP contribution in [-0.4, -0.2) is 26.2 Å². The number of thiazole rings is 1. The van der Waals surface area contributed by atoms with Crippen molar-refractivity contribution in [2.75, 3.05) is 11.9 Å². The molecule has 114 valence electrons. The van der Waals surface area contributed by atoms with Gasteiger partial charge in [-0.15, -0.1) is 11.3 Å². The van der Waals surface area contributed by atoms with Gasteiger partial charge >= 0.3 is 5.76 Å². The minimum absolute atomic E-state index is 0.239. The number of aromatic nitrogens is 1. The van der Waals surface area contributed by atoms with Gasteiger partial charge in [0.1, 0.15) is 0 Å². The molecular formula is C13H14F2N2O2S2. The smallest absolute Gasteiger partial charge is 0.341 e. The van der Waals surface area contributed by atoms with Gasteiger partial charge in [0.05, 0.1) is 27.8 Å². The first kappa shape index (κ1) is 15.8. The fraction of sp³-hybridized carbons (Fsp3) is 0.308. The molecule has 21 heavy (non-hydrogen) atoms. The van der Waals surface area contributed by atoms with E-state index < -0.39 is 15.6 Å². The molecule has 0 N–H and O–H groups in total. The lowest BCUT2D eigenvalue weighted by Gasteiger charge is -2.21. The van der Waals surface area contributed by atoms with E-state index in [-0.39, 0.29) is 10.6 Å². The summed E-state index contributed by atoms with van der Waals surface area (Å²) in [7, 11) is -2.99. The van der Waals surface area contributed by atoms with Crippen LogP contribution in [0.4, 0.5) is 14.5 Å². The molecular weight excluding hydrogens is 318 g/mol. The number of aryl methyl sites for hydroxylation is 1. The van der Waals surface area contributed by atoms with E-state index >= 15 is 0 Å². The Balaban J connectivity index is 2.36. The largest absolute Gasteiger partial charge is 0.368 e. The van der Waals surface area contributed by atoms with Crippen LogP contribution in [0.5, 0.6) is 0 Å². The highest BCUT2D eigenvalue weighted by Crippen LogP contribution is 2.29. The Labute approximate surface area is 126 Å². The summed E-state index contributed by atoms with van der Waals surface area (Å²) < 4.78 is 49.0. The quantitative estimate of drug-likeness (QED) is 0.844. The summed E-state index contributed by atoms with van der Waals surface area (Å²) in [6, 6.07) is 5.75. The molecule has 0 atom stereocenters. The number of sulfone groups is 1. The molecule has 0 amide bonds. The van der Waals surface area contributed by atoms with E-state index in [4.69, 9.17) is 0 Å². The van der Waals surface area contributed by atoms with Crippen LogP contribution in [0.3, 0.4) is 0 Å². The first-order valence-electron chi connectivity index (χ1n) is 6.05. The van der Waals surface area contributed by atoms with Crippen LogP contribution in [0.2, 0.25) is 0 Å². The Morgan fingerprint density at radius 3 is 2.57 bits per heavy atom. The zero-order chi connectivity index (χ0) is 15.6. The summed E-state index contributed by atoms with van der Waals surface area (Å²) in [5.74, 6) is -3.44. The SMILES string of the molecule is Cc1nc(CN(C)c2ccccc2S(=O)(=O)C(F)F)cs1. The zero-order valence-corrected chi connectivity index (χ0v) is 13.1. The molecule has 0 aliphatic rings. The van der Waals surface area contributed by atoms with E-state index in [2.05, 4.69) is 4.98 Å². The average Bonchev–Trinajstić information content (AvgIpc) is 2.83. The number of halogens is 2. The standard InChI is InChI=1S/C13H14F2N2O2S2/c1-9-16-10(8-20-9)7-17(2)11-5-3-4-6-12(11)21(18,19)13(14)15/h3-6,8,13H,7H2,1-2H3. The highest BCUT2D eigenvalue weighted by Gasteiger charge is 2.30. The third kappa shape index (κ3) is 3.38. The number of nitrogens with zero attached hydrogens (tertiary/aromatic N) is 2. The van der Waals surface area contributed by atoms with Gasteiger partial charge in [0, 0.05) is 12.4 Å². The van der Waals surface area contributed by atoms with Gasteiger partial charge in [-0.05, 0) is 19.1 Å². The van der Waals surface area contributed by atoms with Gasteiger partial charge in [-0.1, -0.05) is 12.1 Å². The minimum atomic E-state index is -4.63. The Kier molecular flexibility index (Phi) is 4.58. The summed E-state index contributed by atoms with van der Waals surface area (Å²) in [6.45, 7) is 2.21. The van der Waals surface area contributed by atoms with Crippen molar-refractivity contribution >= 4 is 26.9 Å². The highest BCUT2D eigenvalue weighted by atomic mass is 32.2. The molecule has 0 unspecified atom stereocenters. The van der Waals surface area contributed by atoms with Gasteiger partial charge < -0.3 is 4.90 Å². The molecule has 1 heterocycles. The zero-order valence-electron chi connectivity index (χ0n) is 11.5. The molecule has 1 aromatic heterocycles. The van der Waals surface area contributed by atoms with Crippen molar-refractivity contribution in [3.05, 3.63) is 40.3 Å². The van der Waals surface area contributed by atoms with Gasteiger partial charge in [-0.3, -0.25) is 0 Å². The van der Waals surface area contributed by atoms with E-state index in [1.54, 1.807) is 18.0 Å². The Bertz CT molecular complexity index is 729. The molecule has 0 saturated heterocycles. The van der Waals surface area contributed by atoms with Crippen LogP contribution in [0.15, 0.2) is 34.5 Å². The molecule has 0 fully saturated rings. The van der Waals surface area contributed by atoms with Crippen molar-refractivity contribution in [1.82, 2.24) is 4.98 Å². The van der Waals surface area contributed by atoms with Crippen LogP contribution < -0.4 is 4.90 Å². The van der Waals surface area contributed by atoms with Crippen molar-refractivity contribution in [2.24, 2.45) is 0 Å². The monoisotopic (exact) mass is 332 g/mol. The van der Waals surface area contributed by atoms with Crippen LogP contribution in [0.25, 0.3) is 0 Å². The lowest BCUT2D eigenvalue weighted by atomic mass is 10.3. The third-order valence-corrected chi connectivity index (χ3v) is 5.13. The molecule has 0 bridgehead atoms. The molecule has 8 heteroatoms. The molecule has 4 nitrogen and oxygen atoms in total. The number of alkyl halides is 2. The summed E-state index contributed by atoms with van der Waals surface area (Å²) in [5.41, 5.74) is 1.01. The summed E-state index contributed by atoms with van der Waals surface area (Å²) >= 11 is 1.48. The van der Waals surface area contributed by atoms with Crippen LogP contribution >= 0.6 is 11.3 Å². The normalized spacial score (nSPS) is 11.9. The second-order valence-electron chi connectivity index (χ2n) is 4.49. The number of para-hydroxylation sites is 1. The van der Waals surface area contributed by atoms with E-state index in [1.165, 1.54) is 29.5 Å². The summed E-state index contributed by atoms with van der Waals surface area (Å²) in [4.78, 5) is 5.52. The molecule has 0 aliphatic heterocycles. The van der Waals surface area contributed by atoms with Crippen molar-refractivity contribution in [3.63, 3.8) is 0 Å². The number of hydrogen-bond acceptors (Lipinski definition) is 5. The topological polar surface area (TPSA) is 50.3 Å². The third-order valence-electron chi connectivity index (χ3n) is 2.88. The Morgan fingerprint density at radius 1 is 1.33 bits per heavy atom. The van der Waals surface area contributed by atoms with Crippen LogP contribution in [0, 0.1) is 6.92 Å². The van der Waals surface area contributed by atoms with Crippen molar-refractivity contribution in [3.8, 4) is 0 Å². The second kappa shape index (κ2) is 6.07. The van der Waals surface area contributed by atoms with Gasteiger partial charge in [0.2, 0.25) is 9.84 Å². The highest BCUT2D eigenvalue weighted by molar-refractivity contribution is 7.91. The molecule has 0 aliphatic carbocycles. The minimum Gasteiger partial charge on any atom is -0.368 e. The lowest BCUT2D eigenvalue weighted by molar-refractivity contribution is 0.235. The van der Waals surface area contributed by atoms with E-state index in [0.717, 1.165) is 10.7 Å². The predicted octanol–water partition coefficient (Wildman–Crippen LogP) is 3.08. The lowest BCUT2D eigenvalue weighted by Crippen LogP contribution is -2.21. The summed E-state index contributed by atoms with van der Waals surface area (Å²) in [5, 5.41) is 2.75.